The highest BCUT2D eigenvalue weighted by Gasteiger charge is 2.17. The van der Waals surface area contributed by atoms with Gasteiger partial charge in [-0.25, -0.2) is 0 Å². The molecule has 3 aromatic rings. The fraction of sp³-hybridized carbons (Fsp3) is 0.167. The number of aryl methyl sites for hydroxylation is 1. The monoisotopic (exact) mass is 355 g/mol. The van der Waals surface area contributed by atoms with E-state index < -0.39 is 0 Å². The van der Waals surface area contributed by atoms with Gasteiger partial charge in [-0.1, -0.05) is 53.7 Å². The molecule has 3 N–H and O–H groups in total. The third-order valence-electron chi connectivity index (χ3n) is 3.82. The van der Waals surface area contributed by atoms with E-state index in [2.05, 4.69) is 15.4 Å². The van der Waals surface area contributed by atoms with Crippen molar-refractivity contribution in [1.82, 2.24) is 10.2 Å². The van der Waals surface area contributed by atoms with E-state index in [1.54, 1.807) is 6.07 Å². The van der Waals surface area contributed by atoms with Gasteiger partial charge < -0.3 is 15.4 Å². The van der Waals surface area contributed by atoms with Crippen molar-refractivity contribution in [3.8, 4) is 22.1 Å². The number of oxime groups is 1. The van der Waals surface area contributed by atoms with Gasteiger partial charge in [0.05, 0.1) is 5.71 Å². The average molecular weight is 355 g/mol. The van der Waals surface area contributed by atoms with Crippen LogP contribution >= 0.6 is 11.3 Å². The van der Waals surface area contributed by atoms with Crippen LogP contribution in [0.1, 0.15) is 23.1 Å². The lowest BCUT2D eigenvalue weighted by molar-refractivity contribution is 0.318. The summed E-state index contributed by atoms with van der Waals surface area (Å²) in [5.74, 6) is -0.126. The van der Waals surface area contributed by atoms with E-state index in [9.17, 15) is 15.4 Å². The van der Waals surface area contributed by atoms with E-state index in [-0.39, 0.29) is 23.6 Å². The molecule has 0 aliphatic heterocycles. The Morgan fingerprint density at radius 1 is 1.08 bits per heavy atom. The minimum absolute atomic E-state index is 0.0170. The molecule has 0 amide bonds. The van der Waals surface area contributed by atoms with Crippen LogP contribution in [0.5, 0.6) is 11.5 Å². The number of phenolic OH excluding ortho intramolecular Hbond substituents is 2. The smallest absolute Gasteiger partial charge is 0.147 e. The van der Waals surface area contributed by atoms with Crippen molar-refractivity contribution in [2.75, 3.05) is 0 Å². The normalized spacial score (nSPS) is 11.6. The van der Waals surface area contributed by atoms with E-state index in [4.69, 9.17) is 0 Å². The van der Waals surface area contributed by atoms with E-state index >= 15 is 0 Å². The average Bonchev–Trinajstić information content (AvgIpc) is 3.10. The number of rotatable bonds is 5. The van der Waals surface area contributed by atoms with Gasteiger partial charge in [-0.15, -0.1) is 10.2 Å². The molecule has 0 aliphatic carbocycles. The van der Waals surface area contributed by atoms with Gasteiger partial charge in [-0.3, -0.25) is 0 Å². The van der Waals surface area contributed by atoms with Gasteiger partial charge >= 0.3 is 0 Å². The molecule has 0 saturated heterocycles. The van der Waals surface area contributed by atoms with Crippen LogP contribution in [0, 0.1) is 0 Å². The fourth-order valence-electron chi connectivity index (χ4n) is 2.49. The minimum Gasteiger partial charge on any atom is -0.508 e. The van der Waals surface area contributed by atoms with Crippen molar-refractivity contribution in [2.24, 2.45) is 5.16 Å². The Labute approximate surface area is 148 Å². The van der Waals surface area contributed by atoms with Gasteiger partial charge in [0.1, 0.15) is 21.5 Å². The molecule has 0 atom stereocenters. The quantitative estimate of drug-likeness (QED) is 0.369. The molecule has 0 unspecified atom stereocenters. The number of phenols is 2. The zero-order chi connectivity index (χ0) is 17.8. The van der Waals surface area contributed by atoms with Crippen LogP contribution in [-0.4, -0.2) is 31.3 Å². The van der Waals surface area contributed by atoms with Crippen molar-refractivity contribution >= 4 is 17.0 Å². The Morgan fingerprint density at radius 3 is 2.52 bits per heavy atom. The summed E-state index contributed by atoms with van der Waals surface area (Å²) >= 11 is 1.40. The Morgan fingerprint density at radius 2 is 1.84 bits per heavy atom. The van der Waals surface area contributed by atoms with Crippen molar-refractivity contribution in [2.45, 2.75) is 19.8 Å². The van der Waals surface area contributed by atoms with Crippen LogP contribution in [0.15, 0.2) is 47.6 Å². The third-order valence-corrected chi connectivity index (χ3v) is 4.79. The second kappa shape index (κ2) is 7.31. The Hall–Kier alpha value is -2.93. The maximum atomic E-state index is 10.1. The molecular formula is C18H17N3O3S. The predicted octanol–water partition coefficient (Wildman–Crippen LogP) is 3.60. The van der Waals surface area contributed by atoms with Crippen LogP contribution in [-0.2, 0) is 12.8 Å². The summed E-state index contributed by atoms with van der Waals surface area (Å²) < 4.78 is 0. The van der Waals surface area contributed by atoms with E-state index in [1.807, 2.05) is 37.3 Å². The Bertz CT molecular complexity index is 907. The number of hydrogen-bond donors (Lipinski definition) is 3. The van der Waals surface area contributed by atoms with Gasteiger partial charge in [0.15, 0.2) is 0 Å². The highest BCUT2D eigenvalue weighted by Crippen LogP contribution is 2.30. The third kappa shape index (κ3) is 3.61. The molecule has 0 fully saturated rings. The summed E-state index contributed by atoms with van der Waals surface area (Å²) in [4.78, 5) is 0. The second-order valence-corrected chi connectivity index (χ2v) is 6.50. The van der Waals surface area contributed by atoms with E-state index in [0.29, 0.717) is 22.6 Å². The first kappa shape index (κ1) is 16.9. The molecule has 128 valence electrons. The first-order valence-corrected chi connectivity index (χ1v) is 8.58. The summed E-state index contributed by atoms with van der Waals surface area (Å²) in [6.45, 7) is 1.89. The first-order valence-electron chi connectivity index (χ1n) is 7.76. The number of benzene rings is 2. The molecule has 0 radical (unpaired) electrons. The van der Waals surface area contributed by atoms with Crippen molar-refractivity contribution < 1.29 is 15.4 Å². The molecule has 1 heterocycles. The number of nitrogens with zero attached hydrogens (tertiary/aromatic N) is 3. The van der Waals surface area contributed by atoms with Crippen molar-refractivity contribution in [3.63, 3.8) is 0 Å². The van der Waals surface area contributed by atoms with Gasteiger partial charge in [0.2, 0.25) is 0 Å². The van der Waals surface area contributed by atoms with Gasteiger partial charge in [0.25, 0.3) is 0 Å². The van der Waals surface area contributed by atoms with Crippen LogP contribution in [0.25, 0.3) is 10.6 Å². The van der Waals surface area contributed by atoms with Crippen LogP contribution in [0.2, 0.25) is 0 Å². The first-order chi connectivity index (χ1) is 12.1. The fourth-order valence-corrected chi connectivity index (χ4v) is 3.34. The summed E-state index contributed by atoms with van der Waals surface area (Å²) in [6, 6.07) is 12.6. The molecule has 25 heavy (non-hydrogen) atoms. The predicted molar refractivity (Wildman–Crippen MR) is 96.5 cm³/mol. The lowest BCUT2D eigenvalue weighted by Crippen LogP contribution is -2.06. The topological polar surface area (TPSA) is 98.8 Å². The van der Waals surface area contributed by atoms with Gasteiger partial charge in [-0.05, 0) is 18.1 Å². The molecule has 2 aromatic carbocycles. The van der Waals surface area contributed by atoms with Gasteiger partial charge in [0, 0.05) is 23.6 Å². The molecule has 0 spiro atoms. The molecule has 3 rings (SSSR count). The Balaban J connectivity index is 1.88. The Kier molecular flexibility index (Phi) is 4.95. The van der Waals surface area contributed by atoms with E-state index in [1.165, 1.54) is 17.4 Å². The SMILES string of the molecule is CCc1cc(C(Cc2nnc(-c3ccccc3)s2)=NO)c(O)cc1O. The molecule has 1 aromatic heterocycles. The summed E-state index contributed by atoms with van der Waals surface area (Å²) in [6.07, 6.45) is 0.817. The summed E-state index contributed by atoms with van der Waals surface area (Å²) in [5.41, 5.74) is 2.27. The zero-order valence-electron chi connectivity index (χ0n) is 13.5. The second-order valence-electron chi connectivity index (χ2n) is 5.44. The summed E-state index contributed by atoms with van der Waals surface area (Å²) in [5, 5.41) is 42.4. The molecule has 0 saturated carbocycles. The molecule has 0 aliphatic rings. The lowest BCUT2D eigenvalue weighted by Gasteiger charge is -2.09. The molecular weight excluding hydrogens is 338 g/mol. The van der Waals surface area contributed by atoms with E-state index in [0.717, 1.165) is 10.6 Å². The zero-order valence-corrected chi connectivity index (χ0v) is 14.4. The molecule has 0 bridgehead atoms. The highest BCUT2D eigenvalue weighted by atomic mass is 32.1. The number of aromatic nitrogens is 2. The lowest BCUT2D eigenvalue weighted by atomic mass is 10.0. The number of aromatic hydroxyl groups is 2. The standard InChI is InChI=1S/C18H17N3O3S/c1-2-11-8-13(16(23)10-15(11)22)14(21-24)9-17-19-20-18(25-17)12-6-4-3-5-7-12/h3-8,10,22-24H,2,9H2,1H3. The van der Waals surface area contributed by atoms with Crippen LogP contribution < -0.4 is 0 Å². The molecule has 7 heteroatoms. The molecule has 6 nitrogen and oxygen atoms in total. The van der Waals surface area contributed by atoms with Crippen molar-refractivity contribution in [1.29, 1.82) is 0 Å². The van der Waals surface area contributed by atoms with Crippen LogP contribution in [0.4, 0.5) is 0 Å². The van der Waals surface area contributed by atoms with Gasteiger partial charge in [-0.2, -0.15) is 0 Å². The largest absolute Gasteiger partial charge is 0.508 e. The minimum atomic E-state index is -0.143. The van der Waals surface area contributed by atoms with Crippen LogP contribution in [0.3, 0.4) is 0 Å². The number of hydrogen-bond acceptors (Lipinski definition) is 7. The van der Waals surface area contributed by atoms with Crippen molar-refractivity contribution in [3.05, 3.63) is 58.6 Å². The maximum Gasteiger partial charge on any atom is 0.147 e. The highest BCUT2D eigenvalue weighted by molar-refractivity contribution is 7.14. The summed E-state index contributed by atoms with van der Waals surface area (Å²) in [7, 11) is 0. The maximum absolute atomic E-state index is 10.1.